The molecule has 0 aromatic heterocycles. The molecule has 1 heterocycles. The van der Waals surface area contributed by atoms with Crippen LogP contribution in [0.4, 0.5) is 17.1 Å². The van der Waals surface area contributed by atoms with E-state index in [0.717, 1.165) is 27.7 Å². The molecule has 1 amide bonds. The van der Waals surface area contributed by atoms with E-state index in [1.54, 1.807) is 35.2 Å². The zero-order valence-corrected chi connectivity index (χ0v) is 19.2. The van der Waals surface area contributed by atoms with Gasteiger partial charge >= 0.3 is 0 Å². The van der Waals surface area contributed by atoms with Gasteiger partial charge in [-0.3, -0.25) is 19.2 Å². The third-order valence-corrected chi connectivity index (χ3v) is 7.59. The maximum atomic E-state index is 13.6. The molecule has 1 aliphatic rings. The highest BCUT2D eigenvalue weighted by Crippen LogP contribution is 2.34. The van der Waals surface area contributed by atoms with E-state index >= 15 is 0 Å². The number of nitrogens with zero attached hydrogens (tertiary/aromatic N) is 3. The molecule has 0 fully saturated rings. The monoisotopic (exact) mass is 485 g/mol. The topological polar surface area (TPSA) is 101 Å². The van der Waals surface area contributed by atoms with Gasteiger partial charge in [0.25, 0.3) is 15.7 Å². The summed E-state index contributed by atoms with van der Waals surface area (Å²) in [6, 6.07) is 18.8. The minimum Gasteiger partial charge on any atom is -0.307 e. The Bertz CT molecular complexity index is 1330. The van der Waals surface area contributed by atoms with Gasteiger partial charge in [0.1, 0.15) is 11.6 Å². The first-order valence-electron chi connectivity index (χ1n) is 10.1. The SMILES string of the molecule is CC1Cc2ccccc2N1C(=O)CN(c1ccccc1)S(=O)(=O)c1ccc(Cl)c([N+](=O)[O-])c1. The molecule has 3 aromatic carbocycles. The number of carbonyl (C=O) groups excluding carboxylic acids is 1. The lowest BCUT2D eigenvalue weighted by Gasteiger charge is -2.28. The zero-order valence-electron chi connectivity index (χ0n) is 17.6. The van der Waals surface area contributed by atoms with Gasteiger partial charge in [-0.05, 0) is 49.2 Å². The number of amides is 1. The Hall–Kier alpha value is -3.43. The number of hydrogen-bond donors (Lipinski definition) is 0. The van der Waals surface area contributed by atoms with Crippen molar-refractivity contribution >= 4 is 44.6 Å². The number of halogens is 1. The second-order valence-corrected chi connectivity index (χ2v) is 9.93. The molecule has 1 atom stereocenters. The summed E-state index contributed by atoms with van der Waals surface area (Å²) in [6.45, 7) is 1.43. The molecule has 10 heteroatoms. The van der Waals surface area contributed by atoms with Gasteiger partial charge < -0.3 is 4.90 Å². The minimum atomic E-state index is -4.32. The predicted octanol–water partition coefficient (Wildman–Crippen LogP) is 4.42. The van der Waals surface area contributed by atoms with Crippen molar-refractivity contribution in [3.05, 3.63) is 93.5 Å². The summed E-state index contributed by atoms with van der Waals surface area (Å²) in [7, 11) is -4.32. The molecule has 170 valence electrons. The molecule has 0 aliphatic carbocycles. The van der Waals surface area contributed by atoms with Crippen molar-refractivity contribution < 1.29 is 18.1 Å². The predicted molar refractivity (Wildman–Crippen MR) is 126 cm³/mol. The first-order valence-corrected chi connectivity index (χ1v) is 11.9. The van der Waals surface area contributed by atoms with Crippen LogP contribution >= 0.6 is 11.6 Å². The summed E-state index contributed by atoms with van der Waals surface area (Å²) >= 11 is 5.86. The molecule has 0 spiro atoms. The van der Waals surface area contributed by atoms with Gasteiger partial charge in [-0.2, -0.15) is 0 Å². The van der Waals surface area contributed by atoms with Gasteiger partial charge in [0.15, 0.2) is 0 Å². The van der Waals surface area contributed by atoms with Crippen molar-refractivity contribution in [1.29, 1.82) is 0 Å². The normalized spacial score (nSPS) is 15.2. The Morgan fingerprint density at radius 2 is 1.79 bits per heavy atom. The van der Waals surface area contributed by atoms with E-state index in [1.165, 1.54) is 6.07 Å². The van der Waals surface area contributed by atoms with Crippen molar-refractivity contribution in [3.63, 3.8) is 0 Å². The number of rotatable bonds is 6. The second-order valence-electron chi connectivity index (χ2n) is 7.66. The summed E-state index contributed by atoms with van der Waals surface area (Å²) in [6.07, 6.45) is 0.670. The molecule has 33 heavy (non-hydrogen) atoms. The summed E-state index contributed by atoms with van der Waals surface area (Å²) in [4.78, 5) is 25.2. The van der Waals surface area contributed by atoms with Gasteiger partial charge in [0.2, 0.25) is 5.91 Å². The standard InChI is InChI=1S/C23H20ClN3O5S/c1-16-13-17-7-5-6-10-21(17)26(16)23(28)15-25(18-8-3-2-4-9-18)33(31,32)19-11-12-20(24)22(14-19)27(29)30/h2-12,14,16H,13,15H2,1H3. The molecule has 0 saturated carbocycles. The van der Waals surface area contributed by atoms with Gasteiger partial charge in [0.05, 0.1) is 15.5 Å². The maximum Gasteiger partial charge on any atom is 0.289 e. The lowest BCUT2D eigenvalue weighted by molar-refractivity contribution is -0.384. The summed E-state index contributed by atoms with van der Waals surface area (Å²) in [5.74, 6) is -0.400. The molecule has 0 radical (unpaired) electrons. The van der Waals surface area contributed by atoms with Gasteiger partial charge in [-0.25, -0.2) is 8.42 Å². The number of sulfonamides is 1. The molecule has 1 unspecified atom stereocenters. The van der Waals surface area contributed by atoms with Crippen LogP contribution in [0.5, 0.6) is 0 Å². The fourth-order valence-electron chi connectivity index (χ4n) is 3.97. The van der Waals surface area contributed by atoms with E-state index in [4.69, 9.17) is 11.6 Å². The number of nitro groups is 1. The Balaban J connectivity index is 1.75. The van der Waals surface area contributed by atoms with E-state index in [2.05, 4.69) is 0 Å². The Morgan fingerprint density at radius 1 is 1.12 bits per heavy atom. The number of anilines is 2. The van der Waals surface area contributed by atoms with E-state index < -0.39 is 33.1 Å². The Morgan fingerprint density at radius 3 is 2.48 bits per heavy atom. The zero-order chi connectivity index (χ0) is 23.8. The van der Waals surface area contributed by atoms with Crippen LogP contribution in [0.25, 0.3) is 0 Å². The molecule has 8 nitrogen and oxygen atoms in total. The number of nitro benzene ring substituents is 1. The lowest BCUT2D eigenvalue weighted by atomic mass is 10.1. The van der Waals surface area contributed by atoms with Crippen molar-refractivity contribution in [1.82, 2.24) is 0 Å². The summed E-state index contributed by atoms with van der Waals surface area (Å²) in [5, 5.41) is 11.1. The quantitative estimate of drug-likeness (QED) is 0.380. The maximum absolute atomic E-state index is 13.6. The first-order chi connectivity index (χ1) is 15.7. The number of hydrogen-bond acceptors (Lipinski definition) is 5. The highest BCUT2D eigenvalue weighted by atomic mass is 35.5. The highest BCUT2D eigenvalue weighted by Gasteiger charge is 2.35. The van der Waals surface area contributed by atoms with Gasteiger partial charge in [0, 0.05) is 17.8 Å². The fourth-order valence-corrected chi connectivity index (χ4v) is 5.60. The van der Waals surface area contributed by atoms with Crippen LogP contribution in [-0.2, 0) is 21.2 Å². The highest BCUT2D eigenvalue weighted by molar-refractivity contribution is 7.92. The number of benzene rings is 3. The van der Waals surface area contributed by atoms with Gasteiger partial charge in [-0.15, -0.1) is 0 Å². The van der Waals surface area contributed by atoms with E-state index in [0.29, 0.717) is 6.42 Å². The lowest BCUT2D eigenvalue weighted by Crippen LogP contribution is -2.45. The third-order valence-electron chi connectivity index (χ3n) is 5.50. The summed E-state index contributed by atoms with van der Waals surface area (Å²) in [5.41, 5.74) is 1.51. The molecule has 4 rings (SSSR count). The van der Waals surface area contributed by atoms with Crippen molar-refractivity contribution in [2.45, 2.75) is 24.3 Å². The second kappa shape index (κ2) is 8.84. The van der Waals surface area contributed by atoms with Crippen LogP contribution in [-0.4, -0.2) is 31.8 Å². The molecule has 0 bridgehead atoms. The van der Waals surface area contributed by atoms with Crippen LogP contribution in [0.2, 0.25) is 5.02 Å². The third kappa shape index (κ3) is 4.29. The van der Waals surface area contributed by atoms with Crippen LogP contribution in [0.15, 0.2) is 77.7 Å². The molecule has 3 aromatic rings. The Kier molecular flexibility index (Phi) is 6.09. The average Bonchev–Trinajstić information content (AvgIpc) is 3.13. The van der Waals surface area contributed by atoms with Crippen LogP contribution in [0.3, 0.4) is 0 Å². The molecular weight excluding hydrogens is 466 g/mol. The average molecular weight is 486 g/mol. The van der Waals surface area contributed by atoms with Gasteiger partial charge in [-0.1, -0.05) is 48.0 Å². The van der Waals surface area contributed by atoms with E-state index in [-0.39, 0.29) is 21.6 Å². The number of para-hydroxylation sites is 2. The van der Waals surface area contributed by atoms with Crippen molar-refractivity contribution in [2.75, 3.05) is 15.7 Å². The smallest absolute Gasteiger partial charge is 0.289 e. The fraction of sp³-hybridized carbons (Fsp3) is 0.174. The van der Waals surface area contributed by atoms with Crippen molar-refractivity contribution in [3.8, 4) is 0 Å². The van der Waals surface area contributed by atoms with Crippen LogP contribution in [0.1, 0.15) is 12.5 Å². The molecule has 0 N–H and O–H groups in total. The van der Waals surface area contributed by atoms with E-state index in [1.807, 2.05) is 31.2 Å². The van der Waals surface area contributed by atoms with Crippen LogP contribution in [0, 0.1) is 10.1 Å². The Labute approximate surface area is 196 Å². The molecule has 1 aliphatic heterocycles. The number of fused-ring (bicyclic) bond motifs is 1. The minimum absolute atomic E-state index is 0.133. The molecular formula is C23H20ClN3O5S. The van der Waals surface area contributed by atoms with Crippen molar-refractivity contribution in [2.24, 2.45) is 0 Å². The summed E-state index contributed by atoms with van der Waals surface area (Å²) < 4.78 is 28.1. The first kappa shape index (κ1) is 22.8. The van der Waals surface area contributed by atoms with E-state index in [9.17, 15) is 23.3 Å². The largest absolute Gasteiger partial charge is 0.307 e. The van der Waals surface area contributed by atoms with Crippen LogP contribution < -0.4 is 9.21 Å². The number of carbonyl (C=O) groups is 1. The molecule has 0 saturated heterocycles.